The molecule has 6 nitrogen and oxygen atoms in total. The van der Waals surface area contributed by atoms with E-state index < -0.39 is 0 Å². The van der Waals surface area contributed by atoms with Crippen LogP contribution in [0.4, 0.5) is 0 Å². The first-order valence-electron chi connectivity index (χ1n) is 9.45. The van der Waals surface area contributed by atoms with Crippen LogP contribution in [0.5, 0.6) is 23.0 Å². The molecule has 4 rings (SSSR count). The zero-order chi connectivity index (χ0) is 21.1. The molecule has 0 bridgehead atoms. The highest BCUT2D eigenvalue weighted by Crippen LogP contribution is 2.33. The monoisotopic (exact) mass is 402 g/mol. The normalized spacial score (nSPS) is 15.4. The molecule has 1 aliphatic heterocycles. The van der Waals surface area contributed by atoms with Crippen LogP contribution >= 0.6 is 0 Å². The molecule has 0 saturated heterocycles. The Morgan fingerprint density at radius 2 is 1.33 bits per heavy atom. The van der Waals surface area contributed by atoms with Gasteiger partial charge in [0.05, 0.1) is 27.0 Å². The van der Waals surface area contributed by atoms with Gasteiger partial charge in [-0.1, -0.05) is 12.1 Å². The highest BCUT2D eigenvalue weighted by Gasteiger charge is 2.27. The molecule has 0 radical (unpaired) electrons. The Hall–Kier alpha value is -3.80. The molecule has 0 amide bonds. The molecule has 0 aliphatic carbocycles. The lowest BCUT2D eigenvalue weighted by Gasteiger charge is -2.12. The van der Waals surface area contributed by atoms with Crippen LogP contribution in [0.2, 0.25) is 0 Å². The number of amidine groups is 1. The van der Waals surface area contributed by atoms with Crippen molar-refractivity contribution in [3.8, 4) is 23.0 Å². The summed E-state index contributed by atoms with van der Waals surface area (Å²) in [5.74, 6) is 2.60. The zero-order valence-electron chi connectivity index (χ0n) is 17.0. The third kappa shape index (κ3) is 3.72. The lowest BCUT2D eigenvalue weighted by Crippen LogP contribution is -2.09. The number of hydrogen-bond donors (Lipinski definition) is 1. The minimum atomic E-state index is -0.265. The van der Waals surface area contributed by atoms with E-state index in [4.69, 9.17) is 24.2 Å². The third-order valence-electron chi connectivity index (χ3n) is 4.99. The number of aromatic hydroxyl groups is 1. The molecule has 0 aromatic heterocycles. The number of nitrogens with zero attached hydrogens (tertiary/aromatic N) is 2. The number of rotatable bonds is 6. The highest BCUT2D eigenvalue weighted by atomic mass is 16.5. The maximum atomic E-state index is 9.91. The van der Waals surface area contributed by atoms with Gasteiger partial charge in [-0.05, 0) is 65.7 Å². The average Bonchev–Trinajstić information content (AvgIpc) is 3.25. The van der Waals surface area contributed by atoms with E-state index in [2.05, 4.69) is 0 Å². The summed E-state index contributed by atoms with van der Waals surface area (Å²) in [5.41, 5.74) is 3.57. The number of methoxy groups -OCH3 is 3. The Morgan fingerprint density at radius 1 is 0.733 bits per heavy atom. The first-order chi connectivity index (χ1) is 14.6. The zero-order valence-corrected chi connectivity index (χ0v) is 17.0. The molecule has 3 aromatic carbocycles. The quantitative estimate of drug-likeness (QED) is 0.663. The van der Waals surface area contributed by atoms with Gasteiger partial charge in [-0.2, -0.15) is 0 Å². The van der Waals surface area contributed by atoms with Crippen LogP contribution in [0.25, 0.3) is 0 Å². The first-order valence-corrected chi connectivity index (χ1v) is 9.45. The fraction of sp³-hybridized carbons (Fsp3) is 0.167. The highest BCUT2D eigenvalue weighted by molar-refractivity contribution is 6.19. The molecule has 0 fully saturated rings. The molecule has 1 atom stereocenters. The van der Waals surface area contributed by atoms with Gasteiger partial charge in [0.15, 0.2) is 17.3 Å². The van der Waals surface area contributed by atoms with Crippen molar-refractivity contribution >= 4 is 11.5 Å². The van der Waals surface area contributed by atoms with Crippen molar-refractivity contribution in [1.82, 2.24) is 0 Å². The SMILES string of the molecule is COc1ccc(C2=NC(c3ccc(O)c(OC)c3)=NC2c2ccc(OC)cc2)cc1. The van der Waals surface area contributed by atoms with Crippen molar-refractivity contribution in [2.24, 2.45) is 9.98 Å². The van der Waals surface area contributed by atoms with Gasteiger partial charge in [-0.15, -0.1) is 0 Å². The van der Waals surface area contributed by atoms with Crippen molar-refractivity contribution in [1.29, 1.82) is 0 Å². The molecular weight excluding hydrogens is 380 g/mol. The van der Waals surface area contributed by atoms with Crippen LogP contribution in [0, 0.1) is 0 Å². The van der Waals surface area contributed by atoms with Crippen molar-refractivity contribution < 1.29 is 19.3 Å². The lowest BCUT2D eigenvalue weighted by molar-refractivity contribution is 0.373. The topological polar surface area (TPSA) is 72.6 Å². The summed E-state index contributed by atoms with van der Waals surface area (Å²) in [7, 11) is 4.80. The molecular formula is C24H22N2O4. The Bertz CT molecular complexity index is 1100. The summed E-state index contributed by atoms with van der Waals surface area (Å²) in [6.07, 6.45) is 0. The van der Waals surface area contributed by atoms with E-state index in [1.54, 1.807) is 32.4 Å². The number of aliphatic imine (C=N–C) groups is 2. The predicted octanol–water partition coefficient (Wildman–Crippen LogP) is 4.41. The minimum absolute atomic E-state index is 0.0749. The molecule has 0 saturated carbocycles. The van der Waals surface area contributed by atoms with Gasteiger partial charge in [0, 0.05) is 5.56 Å². The Kier molecular flexibility index (Phi) is 5.39. The van der Waals surface area contributed by atoms with Crippen LogP contribution in [0.3, 0.4) is 0 Å². The summed E-state index contributed by atoms with van der Waals surface area (Å²) in [6, 6.07) is 20.4. The van der Waals surface area contributed by atoms with Crippen molar-refractivity contribution in [3.05, 3.63) is 83.4 Å². The smallest absolute Gasteiger partial charge is 0.161 e. The molecule has 1 N–H and O–H groups in total. The number of phenolic OH excluding ortho intramolecular Hbond substituents is 1. The van der Waals surface area contributed by atoms with E-state index in [1.165, 1.54) is 7.11 Å². The predicted molar refractivity (Wildman–Crippen MR) is 116 cm³/mol. The van der Waals surface area contributed by atoms with Gasteiger partial charge in [0.25, 0.3) is 0 Å². The summed E-state index contributed by atoms with van der Waals surface area (Å²) in [6.45, 7) is 0. The second kappa shape index (κ2) is 8.29. The van der Waals surface area contributed by atoms with Crippen LogP contribution in [-0.2, 0) is 0 Å². The number of benzene rings is 3. The van der Waals surface area contributed by atoms with E-state index in [0.717, 1.165) is 33.9 Å². The molecule has 152 valence electrons. The van der Waals surface area contributed by atoms with E-state index >= 15 is 0 Å². The first kappa shape index (κ1) is 19.5. The molecule has 3 aromatic rings. The Balaban J connectivity index is 1.78. The van der Waals surface area contributed by atoms with Gasteiger partial charge >= 0.3 is 0 Å². The minimum Gasteiger partial charge on any atom is -0.504 e. The largest absolute Gasteiger partial charge is 0.504 e. The van der Waals surface area contributed by atoms with Gasteiger partial charge in [0.2, 0.25) is 0 Å². The van der Waals surface area contributed by atoms with Crippen molar-refractivity contribution in [2.45, 2.75) is 6.04 Å². The van der Waals surface area contributed by atoms with Crippen LogP contribution in [-0.4, -0.2) is 38.0 Å². The second-order valence-electron chi connectivity index (χ2n) is 6.74. The maximum Gasteiger partial charge on any atom is 0.161 e. The van der Waals surface area contributed by atoms with Crippen molar-refractivity contribution in [3.63, 3.8) is 0 Å². The molecule has 30 heavy (non-hydrogen) atoms. The van der Waals surface area contributed by atoms with E-state index in [-0.39, 0.29) is 11.8 Å². The Labute approximate surface area is 175 Å². The summed E-state index contributed by atoms with van der Waals surface area (Å²) in [5, 5.41) is 9.91. The van der Waals surface area contributed by atoms with Crippen LogP contribution in [0.1, 0.15) is 22.7 Å². The third-order valence-corrected chi connectivity index (χ3v) is 4.99. The van der Waals surface area contributed by atoms with Crippen LogP contribution < -0.4 is 14.2 Å². The summed E-state index contributed by atoms with van der Waals surface area (Å²) in [4.78, 5) is 9.74. The van der Waals surface area contributed by atoms with Gasteiger partial charge < -0.3 is 19.3 Å². The number of ether oxygens (including phenoxy) is 3. The second-order valence-corrected chi connectivity index (χ2v) is 6.74. The van der Waals surface area contributed by atoms with Gasteiger partial charge in [0.1, 0.15) is 17.5 Å². The molecule has 1 heterocycles. The molecule has 1 aliphatic rings. The standard InChI is InChI=1S/C24H22N2O4/c1-28-18-9-4-15(5-10-18)22-23(16-6-11-19(29-2)12-7-16)26-24(25-22)17-8-13-20(27)21(14-17)30-3/h4-14,22,27H,1-3H3. The van der Waals surface area contributed by atoms with Gasteiger partial charge in [-0.25, -0.2) is 4.99 Å². The van der Waals surface area contributed by atoms with Gasteiger partial charge in [-0.3, -0.25) is 4.99 Å². The molecule has 6 heteroatoms. The fourth-order valence-electron chi connectivity index (χ4n) is 3.35. The van der Waals surface area contributed by atoms with E-state index in [1.807, 2.05) is 48.5 Å². The average molecular weight is 402 g/mol. The number of hydrogen-bond acceptors (Lipinski definition) is 6. The van der Waals surface area contributed by atoms with Crippen molar-refractivity contribution in [2.75, 3.05) is 21.3 Å². The van der Waals surface area contributed by atoms with E-state index in [0.29, 0.717) is 11.6 Å². The molecule has 1 unspecified atom stereocenters. The lowest BCUT2D eigenvalue weighted by atomic mass is 9.97. The fourth-order valence-corrected chi connectivity index (χ4v) is 3.35. The number of phenols is 1. The molecule has 0 spiro atoms. The maximum absolute atomic E-state index is 9.91. The summed E-state index contributed by atoms with van der Waals surface area (Å²) < 4.78 is 15.8. The van der Waals surface area contributed by atoms with Crippen LogP contribution in [0.15, 0.2) is 76.7 Å². The van der Waals surface area contributed by atoms with E-state index in [9.17, 15) is 5.11 Å². The summed E-state index contributed by atoms with van der Waals surface area (Å²) >= 11 is 0. The Morgan fingerprint density at radius 3 is 1.93 bits per heavy atom.